The minimum Gasteiger partial charge on any atom is -0.351 e. The Kier molecular flexibility index (Phi) is 5.22. The number of hydrogen-bond donors (Lipinski definition) is 2. The summed E-state index contributed by atoms with van der Waals surface area (Å²) in [6.07, 6.45) is 4.71. The second-order valence-corrected chi connectivity index (χ2v) is 4.99. The van der Waals surface area contributed by atoms with Gasteiger partial charge in [0.05, 0.1) is 6.54 Å². The fourth-order valence-corrected chi connectivity index (χ4v) is 2.42. The lowest BCUT2D eigenvalue weighted by atomic mass is 9.88. The first-order valence-electron chi connectivity index (χ1n) is 6.27. The minimum absolute atomic E-state index is 0.0333. The van der Waals surface area contributed by atoms with Gasteiger partial charge in [-0.1, -0.05) is 12.8 Å². The molecule has 0 unspecified atom stereocenters. The van der Waals surface area contributed by atoms with Gasteiger partial charge in [-0.15, -0.1) is 0 Å². The summed E-state index contributed by atoms with van der Waals surface area (Å²) in [5.41, 5.74) is 5.34. The lowest BCUT2D eigenvalue weighted by Gasteiger charge is -2.40. The van der Waals surface area contributed by atoms with Crippen molar-refractivity contribution in [2.75, 3.05) is 13.6 Å². The Hall–Kier alpha value is -0.610. The van der Waals surface area contributed by atoms with Crippen LogP contribution in [0.2, 0.25) is 0 Å². The number of amides is 1. The van der Waals surface area contributed by atoms with Crippen LogP contribution in [0.15, 0.2) is 0 Å². The van der Waals surface area contributed by atoms with Crippen LogP contribution in [0.1, 0.15) is 39.5 Å². The number of carbonyl (C=O) groups is 1. The van der Waals surface area contributed by atoms with Crippen LogP contribution in [-0.2, 0) is 4.79 Å². The summed E-state index contributed by atoms with van der Waals surface area (Å²) in [6, 6.07) is 1.25. The zero-order valence-corrected chi connectivity index (χ0v) is 10.7. The predicted molar refractivity (Wildman–Crippen MR) is 66.1 cm³/mol. The Labute approximate surface area is 98.6 Å². The molecule has 1 aliphatic carbocycles. The van der Waals surface area contributed by atoms with E-state index in [1.165, 1.54) is 19.3 Å². The van der Waals surface area contributed by atoms with Gasteiger partial charge in [-0.2, -0.15) is 0 Å². The molecule has 1 amide bonds. The lowest BCUT2D eigenvalue weighted by molar-refractivity contribution is -0.121. The highest BCUT2D eigenvalue weighted by atomic mass is 16.1. The molecule has 0 spiro atoms. The third-order valence-electron chi connectivity index (χ3n) is 3.60. The summed E-state index contributed by atoms with van der Waals surface area (Å²) in [6.45, 7) is 4.47. The molecule has 4 heteroatoms. The molecule has 4 nitrogen and oxygen atoms in total. The highest BCUT2D eigenvalue weighted by Gasteiger charge is 2.30. The summed E-state index contributed by atoms with van der Waals surface area (Å²) >= 11 is 0. The third kappa shape index (κ3) is 3.46. The molecular weight excluding hydrogens is 202 g/mol. The van der Waals surface area contributed by atoms with Gasteiger partial charge in [0.2, 0.25) is 5.91 Å². The van der Waals surface area contributed by atoms with E-state index in [0.717, 1.165) is 6.42 Å². The molecule has 0 bridgehead atoms. The molecule has 16 heavy (non-hydrogen) atoms. The molecule has 0 saturated heterocycles. The van der Waals surface area contributed by atoms with Crippen LogP contribution in [-0.4, -0.2) is 42.5 Å². The fraction of sp³-hybridized carbons (Fsp3) is 0.917. The van der Waals surface area contributed by atoms with Gasteiger partial charge < -0.3 is 11.1 Å². The van der Waals surface area contributed by atoms with Crippen LogP contribution in [0.3, 0.4) is 0 Å². The lowest BCUT2D eigenvalue weighted by Crippen LogP contribution is -2.54. The van der Waals surface area contributed by atoms with E-state index in [1.807, 2.05) is 0 Å². The average molecular weight is 227 g/mol. The maximum absolute atomic E-state index is 11.4. The molecule has 2 atom stereocenters. The van der Waals surface area contributed by atoms with Gasteiger partial charge in [0, 0.05) is 18.1 Å². The SMILES string of the molecule is CC(C)N(C)[C@@H]1CCCC[C@@H]1NC(=O)CN. The number of hydrogen-bond acceptors (Lipinski definition) is 3. The molecule has 1 fully saturated rings. The summed E-state index contributed by atoms with van der Waals surface area (Å²) < 4.78 is 0. The maximum atomic E-state index is 11.4. The Morgan fingerprint density at radius 1 is 1.44 bits per heavy atom. The topological polar surface area (TPSA) is 58.4 Å². The van der Waals surface area contributed by atoms with E-state index in [2.05, 4.69) is 31.1 Å². The number of nitrogens with zero attached hydrogens (tertiary/aromatic N) is 1. The molecule has 3 N–H and O–H groups in total. The Bertz CT molecular complexity index is 230. The highest BCUT2D eigenvalue weighted by Crippen LogP contribution is 2.23. The molecule has 94 valence electrons. The normalized spacial score (nSPS) is 26.1. The van der Waals surface area contributed by atoms with Gasteiger partial charge in [0.25, 0.3) is 0 Å². The van der Waals surface area contributed by atoms with Crippen molar-refractivity contribution in [1.29, 1.82) is 0 Å². The van der Waals surface area contributed by atoms with Crippen molar-refractivity contribution in [1.82, 2.24) is 10.2 Å². The van der Waals surface area contributed by atoms with Gasteiger partial charge in [-0.25, -0.2) is 0 Å². The van der Waals surface area contributed by atoms with Gasteiger partial charge in [0.15, 0.2) is 0 Å². The Balaban J connectivity index is 2.59. The molecule has 0 aromatic carbocycles. The van der Waals surface area contributed by atoms with Crippen LogP contribution in [0.5, 0.6) is 0 Å². The van der Waals surface area contributed by atoms with E-state index in [1.54, 1.807) is 0 Å². The first-order chi connectivity index (χ1) is 7.56. The molecule has 0 aromatic rings. The number of nitrogens with one attached hydrogen (secondary N) is 1. The quantitative estimate of drug-likeness (QED) is 0.744. The van der Waals surface area contributed by atoms with E-state index in [9.17, 15) is 4.79 Å². The smallest absolute Gasteiger partial charge is 0.234 e. The van der Waals surface area contributed by atoms with Gasteiger partial charge in [0.1, 0.15) is 0 Å². The number of likely N-dealkylation sites (N-methyl/N-ethyl adjacent to an activating group) is 1. The van der Waals surface area contributed by atoms with Gasteiger partial charge in [-0.3, -0.25) is 9.69 Å². The van der Waals surface area contributed by atoms with Crippen LogP contribution in [0.4, 0.5) is 0 Å². The fourth-order valence-electron chi connectivity index (χ4n) is 2.42. The zero-order chi connectivity index (χ0) is 12.1. The second kappa shape index (κ2) is 6.21. The van der Waals surface area contributed by atoms with Crippen molar-refractivity contribution in [3.8, 4) is 0 Å². The molecule has 0 aliphatic heterocycles. The van der Waals surface area contributed by atoms with E-state index < -0.39 is 0 Å². The molecular formula is C12H25N3O. The number of carbonyl (C=O) groups excluding carboxylic acids is 1. The zero-order valence-electron chi connectivity index (χ0n) is 10.7. The third-order valence-corrected chi connectivity index (χ3v) is 3.60. The Morgan fingerprint density at radius 2 is 2.06 bits per heavy atom. The highest BCUT2D eigenvalue weighted by molar-refractivity contribution is 5.78. The molecule has 1 aliphatic rings. The molecule has 1 rings (SSSR count). The first-order valence-corrected chi connectivity index (χ1v) is 6.27. The van der Waals surface area contributed by atoms with Crippen molar-refractivity contribution >= 4 is 5.91 Å². The maximum Gasteiger partial charge on any atom is 0.234 e. The number of nitrogens with two attached hydrogens (primary N) is 1. The van der Waals surface area contributed by atoms with Crippen molar-refractivity contribution in [3.05, 3.63) is 0 Å². The summed E-state index contributed by atoms with van der Waals surface area (Å²) in [5.74, 6) is -0.0333. The molecule has 1 saturated carbocycles. The van der Waals surface area contributed by atoms with E-state index in [-0.39, 0.29) is 18.5 Å². The van der Waals surface area contributed by atoms with Crippen molar-refractivity contribution in [2.24, 2.45) is 5.73 Å². The van der Waals surface area contributed by atoms with Crippen molar-refractivity contribution in [2.45, 2.75) is 57.7 Å². The van der Waals surface area contributed by atoms with Crippen LogP contribution < -0.4 is 11.1 Å². The molecule has 0 aromatic heterocycles. The van der Waals surface area contributed by atoms with Gasteiger partial charge >= 0.3 is 0 Å². The summed E-state index contributed by atoms with van der Waals surface area (Å²) in [7, 11) is 2.14. The standard InChI is InChI=1S/C12H25N3O/c1-9(2)15(3)11-7-5-4-6-10(11)14-12(16)8-13/h9-11H,4-8,13H2,1-3H3,(H,14,16)/t10-,11+/m0/s1. The van der Waals surface area contributed by atoms with E-state index in [4.69, 9.17) is 5.73 Å². The first kappa shape index (κ1) is 13.5. The minimum atomic E-state index is -0.0333. The predicted octanol–water partition coefficient (Wildman–Crippen LogP) is 0.713. The van der Waals surface area contributed by atoms with Crippen molar-refractivity contribution in [3.63, 3.8) is 0 Å². The number of rotatable bonds is 4. The van der Waals surface area contributed by atoms with Gasteiger partial charge in [-0.05, 0) is 33.7 Å². The summed E-state index contributed by atoms with van der Waals surface area (Å²) in [5, 5.41) is 3.05. The monoisotopic (exact) mass is 227 g/mol. The largest absolute Gasteiger partial charge is 0.351 e. The van der Waals surface area contributed by atoms with Crippen molar-refractivity contribution < 1.29 is 4.79 Å². The summed E-state index contributed by atoms with van der Waals surface area (Å²) in [4.78, 5) is 13.7. The van der Waals surface area contributed by atoms with E-state index >= 15 is 0 Å². The van der Waals surface area contributed by atoms with E-state index in [0.29, 0.717) is 12.1 Å². The van der Waals surface area contributed by atoms with Crippen LogP contribution in [0, 0.1) is 0 Å². The molecule has 0 radical (unpaired) electrons. The second-order valence-electron chi connectivity index (χ2n) is 4.99. The van der Waals surface area contributed by atoms with Crippen LogP contribution >= 0.6 is 0 Å². The Morgan fingerprint density at radius 3 is 2.62 bits per heavy atom. The molecule has 0 heterocycles. The van der Waals surface area contributed by atoms with Crippen LogP contribution in [0.25, 0.3) is 0 Å². The average Bonchev–Trinajstić information content (AvgIpc) is 2.28.